The number of benzene rings is 6. The van der Waals surface area contributed by atoms with Crippen LogP contribution in [0.3, 0.4) is 0 Å². The summed E-state index contributed by atoms with van der Waals surface area (Å²) in [7, 11) is 0. The van der Waals surface area contributed by atoms with Gasteiger partial charge in [0.05, 0.1) is 23.5 Å². The second-order valence-electron chi connectivity index (χ2n) is 15.6. The van der Waals surface area contributed by atoms with Gasteiger partial charge < -0.3 is 9.80 Å². The van der Waals surface area contributed by atoms with Crippen molar-refractivity contribution in [3.63, 3.8) is 0 Å². The maximum absolute atomic E-state index is 2.74. The molecule has 0 saturated heterocycles. The molecule has 0 bridgehead atoms. The Balaban J connectivity index is 1.39. The van der Waals surface area contributed by atoms with Crippen LogP contribution in [-0.4, -0.2) is 18.8 Å². The van der Waals surface area contributed by atoms with Crippen LogP contribution in [0.15, 0.2) is 109 Å². The molecule has 9 rings (SSSR count). The zero-order valence-corrected chi connectivity index (χ0v) is 31.4. The lowest BCUT2D eigenvalue weighted by Gasteiger charge is -2.53. The fraction of sp³-hybridized carbons (Fsp3) is 0.265. The molecule has 3 aliphatic rings. The highest BCUT2D eigenvalue weighted by molar-refractivity contribution is 7.00. The molecule has 0 radical (unpaired) electrons. The number of anilines is 4. The van der Waals surface area contributed by atoms with Gasteiger partial charge in [0.25, 0.3) is 0 Å². The molecule has 2 unspecified atom stereocenters. The first-order chi connectivity index (χ1) is 25.4. The minimum atomic E-state index is 0.114. The average molecular weight is 677 g/mol. The monoisotopic (exact) mass is 676 g/mol. The van der Waals surface area contributed by atoms with Crippen molar-refractivity contribution in [1.82, 2.24) is 0 Å². The molecule has 2 heterocycles. The standard InChI is InChI=1S/C49H49BN2/c1-6-8-14-35-20-23-40(24-21-35)51-44-29-37-16-10-11-17-38(37)30-45(44)52-43-25-22-36(15-9-7-2)28-42(43)50(47-33(4)26-32(3)27-34(47)5)48-41-19-13-12-18-39(41)31-46(51)49(48)52/h10-13,16-31,44-45H,6-9,14-15H2,1-5H3. The van der Waals surface area contributed by atoms with Crippen LogP contribution >= 0.6 is 0 Å². The number of unbranched alkanes of at least 4 members (excludes halogenated alkanes) is 2. The maximum atomic E-state index is 2.74. The van der Waals surface area contributed by atoms with Gasteiger partial charge in [-0.3, -0.25) is 0 Å². The second kappa shape index (κ2) is 13.2. The lowest BCUT2D eigenvalue weighted by atomic mass is 9.33. The smallest absolute Gasteiger partial charge is 0.248 e. The van der Waals surface area contributed by atoms with Crippen LogP contribution in [0, 0.1) is 20.8 Å². The van der Waals surface area contributed by atoms with Crippen molar-refractivity contribution in [2.45, 2.75) is 85.2 Å². The Morgan fingerprint density at radius 2 is 1.19 bits per heavy atom. The summed E-state index contributed by atoms with van der Waals surface area (Å²) in [5.74, 6) is 0. The van der Waals surface area contributed by atoms with E-state index in [1.54, 1.807) is 0 Å². The largest absolute Gasteiger partial charge is 0.331 e. The van der Waals surface area contributed by atoms with Crippen molar-refractivity contribution in [3.8, 4) is 0 Å². The molecule has 2 nitrogen and oxygen atoms in total. The van der Waals surface area contributed by atoms with Gasteiger partial charge in [-0.15, -0.1) is 0 Å². The molecule has 0 aromatic heterocycles. The SMILES string of the molecule is CCCCc1ccc(N2c3cc4ccccc4c4c3N(c3ccc(CCCC)cc3B4c3c(C)cc(C)cc3C)C3C=c4ccccc4=CC32)cc1. The van der Waals surface area contributed by atoms with E-state index in [-0.39, 0.29) is 18.8 Å². The first-order valence-electron chi connectivity index (χ1n) is 19.7. The van der Waals surface area contributed by atoms with Crippen molar-refractivity contribution in [1.29, 1.82) is 0 Å². The lowest BCUT2D eigenvalue weighted by molar-refractivity contribution is 0.683. The van der Waals surface area contributed by atoms with Gasteiger partial charge in [-0.1, -0.05) is 146 Å². The summed E-state index contributed by atoms with van der Waals surface area (Å²) >= 11 is 0. The minimum Gasteiger partial charge on any atom is -0.331 e. The summed E-state index contributed by atoms with van der Waals surface area (Å²) < 4.78 is 0. The highest BCUT2D eigenvalue weighted by Gasteiger charge is 2.47. The average Bonchev–Trinajstić information content (AvgIpc) is 3.16. The maximum Gasteiger partial charge on any atom is 0.248 e. The Labute approximate surface area is 310 Å². The normalized spacial score (nSPS) is 16.8. The fourth-order valence-corrected chi connectivity index (χ4v) is 9.71. The van der Waals surface area contributed by atoms with E-state index in [1.165, 1.54) is 114 Å². The van der Waals surface area contributed by atoms with Gasteiger partial charge in [0.2, 0.25) is 6.71 Å². The number of hydrogen-bond donors (Lipinski definition) is 0. The quantitative estimate of drug-likeness (QED) is 0.149. The fourth-order valence-electron chi connectivity index (χ4n) is 9.71. The topological polar surface area (TPSA) is 6.48 Å². The van der Waals surface area contributed by atoms with Crippen molar-refractivity contribution < 1.29 is 0 Å². The molecular formula is C49H49BN2. The molecule has 1 aliphatic carbocycles. The zero-order chi connectivity index (χ0) is 35.5. The van der Waals surface area contributed by atoms with E-state index in [0.717, 1.165) is 12.8 Å². The van der Waals surface area contributed by atoms with E-state index in [9.17, 15) is 0 Å². The number of aryl methyl sites for hydroxylation is 5. The summed E-state index contributed by atoms with van der Waals surface area (Å²) in [6.45, 7) is 11.6. The highest BCUT2D eigenvalue weighted by atomic mass is 15.3. The zero-order valence-electron chi connectivity index (χ0n) is 31.4. The van der Waals surface area contributed by atoms with Gasteiger partial charge >= 0.3 is 0 Å². The summed E-state index contributed by atoms with van der Waals surface area (Å²) in [6.07, 6.45) is 12.2. The predicted octanol–water partition coefficient (Wildman–Crippen LogP) is 8.58. The minimum absolute atomic E-state index is 0.114. The molecule has 6 aromatic rings. The van der Waals surface area contributed by atoms with Gasteiger partial charge in [-0.2, -0.15) is 0 Å². The number of hydrogen-bond acceptors (Lipinski definition) is 2. The van der Waals surface area contributed by atoms with E-state index in [1.807, 2.05) is 0 Å². The van der Waals surface area contributed by atoms with Gasteiger partial charge in [0.1, 0.15) is 0 Å². The molecule has 6 aromatic carbocycles. The van der Waals surface area contributed by atoms with Gasteiger partial charge in [-0.25, -0.2) is 0 Å². The molecule has 2 atom stereocenters. The third-order valence-corrected chi connectivity index (χ3v) is 12.0. The number of nitrogens with zero attached hydrogens (tertiary/aromatic N) is 2. The van der Waals surface area contributed by atoms with Crippen LogP contribution in [0.25, 0.3) is 22.9 Å². The van der Waals surface area contributed by atoms with E-state index in [2.05, 4.69) is 166 Å². The van der Waals surface area contributed by atoms with E-state index in [0.29, 0.717) is 0 Å². The summed E-state index contributed by atoms with van der Waals surface area (Å²) in [4.78, 5) is 5.42. The summed E-state index contributed by atoms with van der Waals surface area (Å²) in [5, 5.41) is 5.29. The van der Waals surface area contributed by atoms with Crippen LogP contribution in [-0.2, 0) is 12.8 Å². The van der Waals surface area contributed by atoms with Crippen molar-refractivity contribution >= 4 is 68.8 Å². The van der Waals surface area contributed by atoms with E-state index < -0.39 is 0 Å². The van der Waals surface area contributed by atoms with Crippen LogP contribution in [0.5, 0.6) is 0 Å². The predicted molar refractivity (Wildman–Crippen MR) is 226 cm³/mol. The van der Waals surface area contributed by atoms with Gasteiger partial charge in [0, 0.05) is 11.4 Å². The Morgan fingerprint density at radius 1 is 0.577 bits per heavy atom. The molecule has 0 saturated carbocycles. The summed E-state index contributed by atoms with van der Waals surface area (Å²) in [6, 6.07) is 42.6. The Bertz CT molecular complexity index is 2440. The molecule has 0 N–H and O–H groups in total. The third kappa shape index (κ3) is 5.31. The van der Waals surface area contributed by atoms with Crippen LogP contribution < -0.4 is 36.6 Å². The van der Waals surface area contributed by atoms with Crippen LogP contribution in [0.2, 0.25) is 0 Å². The highest BCUT2D eigenvalue weighted by Crippen LogP contribution is 2.49. The molecular weight excluding hydrogens is 627 g/mol. The molecule has 0 fully saturated rings. The number of fused-ring (bicyclic) bond motifs is 7. The molecule has 3 heteroatoms. The van der Waals surface area contributed by atoms with Gasteiger partial charge in [-0.05, 0) is 114 Å². The first kappa shape index (κ1) is 32.9. The third-order valence-electron chi connectivity index (χ3n) is 12.0. The lowest BCUT2D eigenvalue weighted by Crippen LogP contribution is -2.65. The second-order valence-corrected chi connectivity index (χ2v) is 15.6. The van der Waals surface area contributed by atoms with Gasteiger partial charge in [0.15, 0.2) is 0 Å². The first-order valence-corrected chi connectivity index (χ1v) is 19.7. The van der Waals surface area contributed by atoms with Crippen LogP contribution in [0.4, 0.5) is 22.7 Å². The molecule has 2 aliphatic heterocycles. The Kier molecular flexibility index (Phi) is 8.34. The van der Waals surface area contributed by atoms with Crippen LogP contribution in [0.1, 0.15) is 67.3 Å². The van der Waals surface area contributed by atoms with E-state index in [4.69, 9.17) is 0 Å². The molecule has 0 spiro atoms. The van der Waals surface area contributed by atoms with E-state index >= 15 is 0 Å². The Morgan fingerprint density at radius 3 is 1.88 bits per heavy atom. The Hall–Kier alpha value is -5.02. The number of rotatable bonds is 8. The molecule has 0 amide bonds. The molecule has 52 heavy (non-hydrogen) atoms. The summed E-state index contributed by atoms with van der Waals surface area (Å²) in [5.41, 5.74) is 16.6. The van der Waals surface area contributed by atoms with Crippen molar-refractivity contribution in [2.24, 2.45) is 0 Å². The van der Waals surface area contributed by atoms with Crippen molar-refractivity contribution in [2.75, 3.05) is 9.80 Å². The van der Waals surface area contributed by atoms with Crippen molar-refractivity contribution in [3.05, 3.63) is 147 Å². The molecule has 258 valence electrons.